The first-order chi connectivity index (χ1) is 21.3. The highest BCUT2D eigenvalue weighted by Gasteiger charge is 2.21. The maximum absolute atomic E-state index is 12.4. The van der Waals surface area contributed by atoms with E-state index >= 15 is 0 Å². The average Bonchev–Trinajstić information content (AvgIpc) is 3.41. The minimum absolute atomic E-state index is 0.215. The highest BCUT2D eigenvalue weighted by Crippen LogP contribution is 2.36. The summed E-state index contributed by atoms with van der Waals surface area (Å²) in [7, 11) is -1.30. The molecule has 0 unspecified atom stereocenters. The van der Waals surface area contributed by atoms with E-state index in [9.17, 15) is 13.2 Å². The lowest BCUT2D eigenvalue weighted by molar-refractivity contribution is 0.240. The van der Waals surface area contributed by atoms with Gasteiger partial charge in [-0.25, -0.2) is 28.2 Å². The average molecular weight is 634 g/mol. The Hall–Kier alpha value is -4.53. The normalized spacial score (nSPS) is 14.8. The molecule has 0 saturated carbocycles. The zero-order valence-electron chi connectivity index (χ0n) is 23.9. The molecule has 6 rings (SSSR count). The van der Waals surface area contributed by atoms with E-state index in [1.54, 1.807) is 7.11 Å². The van der Waals surface area contributed by atoms with E-state index < -0.39 is 9.84 Å². The molecule has 12 nitrogen and oxygen atoms in total. The van der Waals surface area contributed by atoms with Crippen LogP contribution < -0.4 is 25.4 Å². The fourth-order valence-corrected chi connectivity index (χ4v) is 7.03. The Balaban J connectivity index is 1.11. The Morgan fingerprint density at radius 2 is 1.77 bits per heavy atom. The Labute approximate surface area is 258 Å². The first-order valence-corrected chi connectivity index (χ1v) is 16.7. The maximum Gasteiger partial charge on any atom is 0.325 e. The first-order valence-electron chi connectivity index (χ1n) is 14.0. The third-order valence-corrected chi connectivity index (χ3v) is 9.68. The number of anilines is 4. The number of fused-ring (bicyclic) bond motifs is 2. The van der Waals surface area contributed by atoms with Crippen LogP contribution in [0.1, 0.15) is 6.42 Å². The Bertz CT molecular complexity index is 1890. The summed E-state index contributed by atoms with van der Waals surface area (Å²) in [5, 5.41) is 10.2. The van der Waals surface area contributed by atoms with Gasteiger partial charge in [0.05, 0.1) is 41.0 Å². The SMILES string of the molecule is COc1cc2c(Nc3ccc4nc(NC(=O)Nc5ccccc5)sc4c3)ncnc2cc1OCCCN1CCS(=O)(=O)CC1. The van der Waals surface area contributed by atoms with Crippen molar-refractivity contribution in [2.24, 2.45) is 0 Å². The molecular weight excluding hydrogens is 603 g/mol. The van der Waals surface area contributed by atoms with Crippen LogP contribution in [0.3, 0.4) is 0 Å². The van der Waals surface area contributed by atoms with E-state index in [1.165, 1.54) is 17.7 Å². The lowest BCUT2D eigenvalue weighted by Crippen LogP contribution is -2.40. The zero-order chi connectivity index (χ0) is 30.5. The molecule has 228 valence electrons. The van der Waals surface area contributed by atoms with Crippen molar-refractivity contribution in [3.05, 3.63) is 67.0 Å². The third kappa shape index (κ3) is 7.15. The van der Waals surface area contributed by atoms with Crippen LogP contribution >= 0.6 is 11.3 Å². The Morgan fingerprint density at radius 3 is 2.57 bits per heavy atom. The van der Waals surface area contributed by atoms with Crippen molar-refractivity contribution in [1.82, 2.24) is 19.9 Å². The molecule has 14 heteroatoms. The minimum Gasteiger partial charge on any atom is -0.493 e. The van der Waals surface area contributed by atoms with Gasteiger partial charge in [-0.05, 0) is 42.8 Å². The molecule has 0 spiro atoms. The summed E-state index contributed by atoms with van der Waals surface area (Å²) in [5.41, 5.74) is 2.94. The molecule has 1 saturated heterocycles. The number of rotatable bonds is 10. The number of ether oxygens (including phenoxy) is 2. The highest BCUT2D eigenvalue weighted by atomic mass is 32.2. The van der Waals surface area contributed by atoms with E-state index in [4.69, 9.17) is 9.47 Å². The summed E-state index contributed by atoms with van der Waals surface area (Å²) >= 11 is 1.37. The van der Waals surface area contributed by atoms with Gasteiger partial charge in [-0.2, -0.15) is 0 Å². The molecule has 0 bridgehead atoms. The van der Waals surface area contributed by atoms with Crippen molar-refractivity contribution >= 4 is 70.6 Å². The Kier molecular flexibility index (Phi) is 8.72. The van der Waals surface area contributed by atoms with Crippen LogP contribution in [0, 0.1) is 0 Å². The summed E-state index contributed by atoms with van der Waals surface area (Å²) in [6.07, 6.45) is 2.25. The van der Waals surface area contributed by atoms with Crippen molar-refractivity contribution in [2.75, 3.05) is 60.8 Å². The largest absolute Gasteiger partial charge is 0.493 e. The second-order valence-electron chi connectivity index (χ2n) is 10.2. The van der Waals surface area contributed by atoms with Gasteiger partial charge in [0.1, 0.15) is 12.1 Å². The molecule has 2 aromatic heterocycles. The first kappa shape index (κ1) is 29.5. The number of aromatic nitrogens is 3. The van der Waals surface area contributed by atoms with E-state index in [1.807, 2.05) is 60.7 Å². The number of sulfone groups is 1. The van der Waals surface area contributed by atoms with Gasteiger partial charge in [-0.15, -0.1) is 0 Å². The molecule has 44 heavy (non-hydrogen) atoms. The van der Waals surface area contributed by atoms with Crippen molar-refractivity contribution in [3.8, 4) is 11.5 Å². The second kappa shape index (κ2) is 13.0. The molecule has 1 aliphatic rings. The molecule has 3 heterocycles. The number of carbonyl (C=O) groups is 1. The lowest BCUT2D eigenvalue weighted by Gasteiger charge is -2.26. The van der Waals surface area contributed by atoms with Crippen LogP contribution in [0.4, 0.5) is 27.1 Å². The van der Waals surface area contributed by atoms with Gasteiger partial charge in [0.2, 0.25) is 0 Å². The van der Waals surface area contributed by atoms with Crippen LogP contribution in [0.15, 0.2) is 67.0 Å². The van der Waals surface area contributed by atoms with Gasteiger partial charge >= 0.3 is 6.03 Å². The van der Waals surface area contributed by atoms with Gasteiger partial charge in [0.15, 0.2) is 26.5 Å². The predicted octanol–water partition coefficient (Wildman–Crippen LogP) is 5.14. The van der Waals surface area contributed by atoms with E-state index in [2.05, 4.69) is 35.8 Å². The number of methoxy groups -OCH3 is 1. The standard InChI is InChI=1S/C30H31N7O5S2/c1-41-25-17-22-24(18-26(25)42-13-5-10-37-11-14-44(39,40)15-12-37)31-19-32-28(22)33-21-8-9-23-27(16-21)43-30(35-23)36-29(38)34-20-6-3-2-4-7-20/h2-4,6-9,16-19H,5,10-15H2,1H3,(H,31,32,33)(H2,34,35,36,38). The topological polar surface area (TPSA) is 148 Å². The van der Waals surface area contributed by atoms with Gasteiger partial charge in [0, 0.05) is 42.5 Å². The number of hydrogen-bond acceptors (Lipinski definition) is 11. The van der Waals surface area contributed by atoms with Gasteiger partial charge < -0.3 is 25.0 Å². The van der Waals surface area contributed by atoms with Crippen LogP contribution in [-0.4, -0.2) is 79.2 Å². The number of nitrogens with zero attached hydrogens (tertiary/aromatic N) is 4. The van der Waals surface area contributed by atoms with Gasteiger partial charge in [-0.3, -0.25) is 5.32 Å². The molecule has 2 amide bonds. The molecule has 0 radical (unpaired) electrons. The summed E-state index contributed by atoms with van der Waals surface area (Å²) in [6.45, 7) is 2.35. The van der Waals surface area contributed by atoms with Crippen LogP contribution in [0.5, 0.6) is 11.5 Å². The monoisotopic (exact) mass is 633 g/mol. The fourth-order valence-electron chi connectivity index (χ4n) is 4.85. The smallest absolute Gasteiger partial charge is 0.325 e. The lowest BCUT2D eigenvalue weighted by atomic mass is 10.2. The molecular formula is C30H31N7O5S2. The molecule has 1 fully saturated rings. The number of hydrogen-bond donors (Lipinski definition) is 3. The molecule has 1 aliphatic heterocycles. The number of thiazole rings is 1. The molecule has 3 N–H and O–H groups in total. The second-order valence-corrected chi connectivity index (χ2v) is 13.5. The van der Waals surface area contributed by atoms with Crippen LogP contribution in [-0.2, 0) is 9.84 Å². The summed E-state index contributed by atoms with van der Waals surface area (Å²) in [5.74, 6) is 2.17. The van der Waals surface area contributed by atoms with E-state index in [0.717, 1.165) is 34.3 Å². The quantitative estimate of drug-likeness (QED) is 0.177. The van der Waals surface area contributed by atoms with Crippen LogP contribution in [0.2, 0.25) is 0 Å². The van der Waals surface area contributed by atoms with Crippen molar-refractivity contribution < 1.29 is 22.7 Å². The Morgan fingerprint density at radius 1 is 0.955 bits per heavy atom. The molecule has 5 aromatic rings. The maximum atomic E-state index is 12.4. The predicted molar refractivity (Wildman–Crippen MR) is 173 cm³/mol. The van der Waals surface area contributed by atoms with Gasteiger partial charge in [-0.1, -0.05) is 29.5 Å². The molecule has 0 aliphatic carbocycles. The summed E-state index contributed by atoms with van der Waals surface area (Å²) < 4.78 is 35.9. The molecule has 3 aromatic carbocycles. The number of para-hydroxylation sites is 1. The number of carbonyl (C=O) groups excluding carboxylic acids is 1. The van der Waals surface area contributed by atoms with E-state index in [0.29, 0.717) is 53.3 Å². The minimum atomic E-state index is -2.89. The highest BCUT2D eigenvalue weighted by molar-refractivity contribution is 7.91. The van der Waals surface area contributed by atoms with Crippen LogP contribution in [0.25, 0.3) is 21.1 Å². The molecule has 0 atom stereocenters. The number of urea groups is 1. The van der Waals surface area contributed by atoms with Crippen molar-refractivity contribution in [3.63, 3.8) is 0 Å². The number of amides is 2. The number of benzene rings is 3. The fraction of sp³-hybridized carbons (Fsp3) is 0.267. The van der Waals surface area contributed by atoms with Crippen molar-refractivity contribution in [1.29, 1.82) is 0 Å². The van der Waals surface area contributed by atoms with Gasteiger partial charge in [0.25, 0.3) is 0 Å². The summed E-state index contributed by atoms with van der Waals surface area (Å²) in [4.78, 5) is 28.0. The van der Waals surface area contributed by atoms with E-state index in [-0.39, 0.29) is 17.5 Å². The number of nitrogens with one attached hydrogen (secondary N) is 3. The third-order valence-electron chi connectivity index (χ3n) is 7.14. The van der Waals surface area contributed by atoms with Crippen molar-refractivity contribution in [2.45, 2.75) is 6.42 Å². The summed E-state index contributed by atoms with van der Waals surface area (Å²) in [6, 6.07) is 18.3. The zero-order valence-corrected chi connectivity index (χ0v) is 25.6.